The van der Waals surface area contributed by atoms with E-state index >= 15 is 0 Å². The maximum atomic E-state index is 12.0. The quantitative estimate of drug-likeness (QED) is 0.749. The van der Waals surface area contributed by atoms with E-state index in [0.29, 0.717) is 11.0 Å². The maximum Gasteiger partial charge on any atom is 0.195 e. The van der Waals surface area contributed by atoms with Gasteiger partial charge < -0.3 is 4.42 Å². The summed E-state index contributed by atoms with van der Waals surface area (Å²) in [4.78, 5) is 12.0. The first kappa shape index (κ1) is 9.97. The van der Waals surface area contributed by atoms with E-state index in [4.69, 9.17) is 4.42 Å². The van der Waals surface area contributed by atoms with E-state index in [9.17, 15) is 4.79 Å². The number of hydrogen-bond acceptors (Lipinski definition) is 2. The van der Waals surface area contributed by atoms with Crippen molar-refractivity contribution in [3.05, 3.63) is 45.8 Å². The Kier molecular flexibility index (Phi) is 2.58. The Morgan fingerprint density at radius 2 is 2.13 bits per heavy atom. The third-order valence-electron chi connectivity index (χ3n) is 2.52. The second-order valence-corrected chi connectivity index (χ2v) is 3.84. The Balaban J connectivity index is 2.71. The van der Waals surface area contributed by atoms with Crippen LogP contribution in [0.3, 0.4) is 0 Å². The smallest absolute Gasteiger partial charge is 0.195 e. The molecule has 0 radical (unpaired) electrons. The van der Waals surface area contributed by atoms with E-state index in [1.807, 2.05) is 25.1 Å². The van der Waals surface area contributed by atoms with Crippen LogP contribution in [0.25, 0.3) is 11.0 Å². The minimum absolute atomic E-state index is 0.113. The van der Waals surface area contributed by atoms with Crippen LogP contribution in [0.2, 0.25) is 0 Å². The minimum atomic E-state index is 0.113. The molecule has 0 fully saturated rings. The summed E-state index contributed by atoms with van der Waals surface area (Å²) in [6.45, 7) is 4.03. The van der Waals surface area contributed by atoms with Crippen molar-refractivity contribution in [3.8, 4) is 0 Å². The molecule has 0 aliphatic rings. The number of benzene rings is 1. The molecule has 0 aliphatic carbocycles. The molecule has 0 aliphatic heterocycles. The van der Waals surface area contributed by atoms with Gasteiger partial charge in [0.1, 0.15) is 5.58 Å². The summed E-state index contributed by atoms with van der Waals surface area (Å²) in [6.07, 6.45) is 3.33. The molecule has 0 atom stereocenters. The van der Waals surface area contributed by atoms with Crippen LogP contribution >= 0.6 is 0 Å². The van der Waals surface area contributed by atoms with Gasteiger partial charge in [-0.25, -0.2) is 0 Å². The predicted octanol–water partition coefficient (Wildman–Crippen LogP) is 3.05. The third-order valence-corrected chi connectivity index (χ3v) is 2.52. The number of aryl methyl sites for hydroxylation is 2. The SMILES string of the molecule is CCCc1coc2ccc(C)cc2c1=O. The van der Waals surface area contributed by atoms with E-state index < -0.39 is 0 Å². The molecule has 0 unspecified atom stereocenters. The largest absolute Gasteiger partial charge is 0.464 e. The highest BCUT2D eigenvalue weighted by atomic mass is 16.3. The molecule has 0 N–H and O–H groups in total. The van der Waals surface area contributed by atoms with Crippen LogP contribution in [0, 0.1) is 6.92 Å². The van der Waals surface area contributed by atoms with Crippen molar-refractivity contribution in [2.45, 2.75) is 26.7 Å². The molecule has 15 heavy (non-hydrogen) atoms. The molecule has 0 amide bonds. The molecule has 0 spiro atoms. The lowest BCUT2D eigenvalue weighted by Crippen LogP contribution is -2.08. The number of fused-ring (bicyclic) bond motifs is 1. The molecule has 2 nitrogen and oxygen atoms in total. The highest BCUT2D eigenvalue weighted by Gasteiger charge is 2.05. The summed E-state index contributed by atoms with van der Waals surface area (Å²) in [7, 11) is 0. The van der Waals surface area contributed by atoms with E-state index in [1.54, 1.807) is 6.26 Å². The lowest BCUT2D eigenvalue weighted by Gasteiger charge is -2.01. The van der Waals surface area contributed by atoms with Crippen LogP contribution in [0.1, 0.15) is 24.5 Å². The Labute approximate surface area is 88.5 Å². The normalized spacial score (nSPS) is 10.8. The minimum Gasteiger partial charge on any atom is -0.464 e. The molecule has 0 saturated heterocycles. The fraction of sp³-hybridized carbons (Fsp3) is 0.308. The zero-order valence-electron chi connectivity index (χ0n) is 9.04. The summed E-state index contributed by atoms with van der Waals surface area (Å²) in [5, 5.41) is 0.695. The van der Waals surface area contributed by atoms with Crippen molar-refractivity contribution < 1.29 is 4.42 Å². The van der Waals surface area contributed by atoms with Gasteiger partial charge in [-0.1, -0.05) is 25.0 Å². The molecular weight excluding hydrogens is 188 g/mol. The predicted molar refractivity (Wildman–Crippen MR) is 61.2 cm³/mol. The Bertz CT molecular complexity index is 538. The Hall–Kier alpha value is -1.57. The zero-order chi connectivity index (χ0) is 10.8. The van der Waals surface area contributed by atoms with Crippen molar-refractivity contribution in [2.75, 3.05) is 0 Å². The summed E-state index contributed by atoms with van der Waals surface area (Å²) >= 11 is 0. The van der Waals surface area contributed by atoms with Crippen molar-refractivity contribution in [1.29, 1.82) is 0 Å². The second kappa shape index (κ2) is 3.89. The summed E-state index contributed by atoms with van der Waals surface area (Å²) in [5.41, 5.74) is 2.64. The van der Waals surface area contributed by atoms with Gasteiger partial charge in [-0.3, -0.25) is 4.79 Å². The van der Waals surface area contributed by atoms with Gasteiger partial charge >= 0.3 is 0 Å². The van der Waals surface area contributed by atoms with Crippen LogP contribution < -0.4 is 5.43 Å². The first-order valence-electron chi connectivity index (χ1n) is 5.23. The van der Waals surface area contributed by atoms with Crippen molar-refractivity contribution in [2.24, 2.45) is 0 Å². The molecule has 0 saturated carbocycles. The second-order valence-electron chi connectivity index (χ2n) is 3.84. The summed E-state index contributed by atoms with van der Waals surface area (Å²) in [5.74, 6) is 0. The van der Waals surface area contributed by atoms with Crippen LogP contribution in [-0.4, -0.2) is 0 Å². The zero-order valence-corrected chi connectivity index (χ0v) is 9.04. The van der Waals surface area contributed by atoms with Gasteiger partial charge in [0.2, 0.25) is 0 Å². The standard InChI is InChI=1S/C13H14O2/c1-3-4-10-8-15-12-6-5-9(2)7-11(12)13(10)14/h5-8H,3-4H2,1-2H3. The maximum absolute atomic E-state index is 12.0. The Morgan fingerprint density at radius 3 is 2.87 bits per heavy atom. The van der Waals surface area contributed by atoms with Gasteiger partial charge in [-0.15, -0.1) is 0 Å². The van der Waals surface area contributed by atoms with E-state index in [2.05, 4.69) is 6.92 Å². The molecule has 1 aromatic heterocycles. The summed E-state index contributed by atoms with van der Waals surface area (Å²) in [6, 6.07) is 5.69. The first-order valence-corrected chi connectivity index (χ1v) is 5.23. The van der Waals surface area contributed by atoms with Gasteiger partial charge in [0.15, 0.2) is 5.43 Å². The van der Waals surface area contributed by atoms with Crippen LogP contribution in [0.5, 0.6) is 0 Å². The van der Waals surface area contributed by atoms with Gasteiger partial charge in [-0.05, 0) is 25.5 Å². The van der Waals surface area contributed by atoms with E-state index in [0.717, 1.165) is 24.0 Å². The summed E-state index contributed by atoms with van der Waals surface area (Å²) < 4.78 is 5.43. The van der Waals surface area contributed by atoms with Crippen LogP contribution in [0.15, 0.2) is 33.7 Å². The highest BCUT2D eigenvalue weighted by molar-refractivity contribution is 5.77. The Morgan fingerprint density at radius 1 is 1.33 bits per heavy atom. The number of hydrogen-bond donors (Lipinski definition) is 0. The van der Waals surface area contributed by atoms with Crippen LogP contribution in [0.4, 0.5) is 0 Å². The van der Waals surface area contributed by atoms with Gasteiger partial charge in [0, 0.05) is 5.56 Å². The van der Waals surface area contributed by atoms with Gasteiger partial charge in [0.05, 0.1) is 11.6 Å². The lowest BCUT2D eigenvalue weighted by molar-refractivity contribution is 0.591. The van der Waals surface area contributed by atoms with Crippen molar-refractivity contribution in [1.82, 2.24) is 0 Å². The van der Waals surface area contributed by atoms with Crippen LogP contribution in [-0.2, 0) is 6.42 Å². The van der Waals surface area contributed by atoms with E-state index in [-0.39, 0.29) is 5.43 Å². The van der Waals surface area contributed by atoms with Gasteiger partial charge in [-0.2, -0.15) is 0 Å². The fourth-order valence-corrected chi connectivity index (χ4v) is 1.73. The first-order chi connectivity index (χ1) is 7.22. The average Bonchev–Trinajstić information content (AvgIpc) is 2.23. The van der Waals surface area contributed by atoms with Crippen molar-refractivity contribution in [3.63, 3.8) is 0 Å². The highest BCUT2D eigenvalue weighted by Crippen LogP contribution is 2.13. The molecule has 0 bridgehead atoms. The molecular formula is C13H14O2. The van der Waals surface area contributed by atoms with Crippen molar-refractivity contribution >= 4 is 11.0 Å². The molecule has 2 heteroatoms. The van der Waals surface area contributed by atoms with Gasteiger partial charge in [0.25, 0.3) is 0 Å². The third kappa shape index (κ3) is 1.80. The fourth-order valence-electron chi connectivity index (χ4n) is 1.73. The molecule has 78 valence electrons. The topological polar surface area (TPSA) is 30.2 Å². The molecule has 1 aromatic carbocycles. The molecule has 1 heterocycles. The molecule has 2 aromatic rings. The average molecular weight is 202 g/mol. The lowest BCUT2D eigenvalue weighted by atomic mass is 10.1. The number of rotatable bonds is 2. The monoisotopic (exact) mass is 202 g/mol. The molecule has 2 rings (SSSR count). The van der Waals surface area contributed by atoms with E-state index in [1.165, 1.54) is 0 Å².